The van der Waals surface area contributed by atoms with Crippen LogP contribution in [0.15, 0.2) is 59.7 Å². The lowest BCUT2D eigenvalue weighted by Crippen LogP contribution is -2.42. The Morgan fingerprint density at radius 1 is 1.08 bits per heavy atom. The molecule has 7 rings (SSSR count). The molecular weight excluding hydrogens is 483 g/mol. The van der Waals surface area contributed by atoms with Crippen LogP contribution < -0.4 is 5.30 Å². The molecule has 0 aromatic heterocycles. The second-order valence-electron chi connectivity index (χ2n) is 12.9. The summed E-state index contributed by atoms with van der Waals surface area (Å²) in [5.74, 6) is 1.55. The van der Waals surface area contributed by atoms with Gasteiger partial charge in [0.15, 0.2) is 5.78 Å². The van der Waals surface area contributed by atoms with E-state index in [2.05, 4.69) is 32.6 Å². The summed E-state index contributed by atoms with van der Waals surface area (Å²) in [5, 5.41) is 0.629. The van der Waals surface area contributed by atoms with Gasteiger partial charge in [0.1, 0.15) is 11.2 Å². The number of hydrogen-bond acceptors (Lipinski definition) is 5. The van der Waals surface area contributed by atoms with E-state index in [1.807, 2.05) is 24.3 Å². The minimum Gasteiger partial charge on any atom is -0.362 e. The molecule has 0 bridgehead atoms. The van der Waals surface area contributed by atoms with Crippen LogP contribution in [0.5, 0.6) is 0 Å². The van der Waals surface area contributed by atoms with E-state index in [1.54, 1.807) is 5.57 Å². The van der Waals surface area contributed by atoms with Gasteiger partial charge < -0.3 is 13.8 Å². The number of hydrogen-bond donors (Lipinski definition) is 0. The summed E-state index contributed by atoms with van der Waals surface area (Å²) in [5.41, 5.74) is 5.25. The summed E-state index contributed by atoms with van der Waals surface area (Å²) in [7, 11) is -3.30. The minimum absolute atomic E-state index is 0.0480. The molecule has 37 heavy (non-hydrogen) atoms. The van der Waals surface area contributed by atoms with E-state index >= 15 is 0 Å². The maximum absolute atomic E-state index is 13.5. The van der Waals surface area contributed by atoms with Gasteiger partial charge >= 0.3 is 7.60 Å². The highest BCUT2D eigenvalue weighted by atomic mass is 31.2. The van der Waals surface area contributed by atoms with Crippen molar-refractivity contribution >= 4 is 18.7 Å². The molecule has 5 atom stereocenters. The third-order valence-electron chi connectivity index (χ3n) is 10.1. The average molecular weight is 521 g/mol. The predicted octanol–water partition coefficient (Wildman–Crippen LogP) is 6.56. The van der Waals surface area contributed by atoms with Crippen molar-refractivity contribution in [1.82, 2.24) is 0 Å². The van der Waals surface area contributed by atoms with Gasteiger partial charge in [-0.25, -0.2) is 0 Å². The molecule has 0 N–H and O–H groups in total. The normalized spacial score (nSPS) is 39.1. The van der Waals surface area contributed by atoms with Crippen molar-refractivity contribution in [2.45, 2.75) is 82.3 Å². The lowest BCUT2D eigenvalue weighted by Gasteiger charge is -2.46. The summed E-state index contributed by atoms with van der Waals surface area (Å²) in [6, 6.07) is 8.15. The fraction of sp³-hybridized carbons (Fsp3) is 0.581. The Hall–Kier alpha value is -1.78. The molecule has 1 aromatic carbocycles. The van der Waals surface area contributed by atoms with Crippen LogP contribution >= 0.6 is 7.60 Å². The molecule has 0 radical (unpaired) electrons. The van der Waals surface area contributed by atoms with Gasteiger partial charge in [0, 0.05) is 17.8 Å². The number of rotatable bonds is 4. The Kier molecular flexibility index (Phi) is 5.32. The molecule has 4 aliphatic carbocycles. The van der Waals surface area contributed by atoms with Crippen molar-refractivity contribution in [2.24, 2.45) is 17.3 Å². The summed E-state index contributed by atoms with van der Waals surface area (Å²) in [6.45, 7) is 9.00. The van der Waals surface area contributed by atoms with Crippen LogP contribution in [0.2, 0.25) is 0 Å². The second-order valence-corrected chi connectivity index (χ2v) is 14.9. The SMILES string of the molecule is C=CC[C@]12CC[C@H]3[C@@H]4CCC5=CC(=O)CCC5=C4[C@@H](c4ccc(P5(=O)OCC(C)(C)CO5)cc4)C[C@@]31O2. The zero-order valence-electron chi connectivity index (χ0n) is 22.0. The number of fused-ring (bicyclic) bond motifs is 3. The average Bonchev–Trinajstić information content (AvgIpc) is 3.39. The molecule has 196 valence electrons. The van der Waals surface area contributed by atoms with Crippen LogP contribution in [0.25, 0.3) is 0 Å². The number of carbonyl (C=O) groups excluding carboxylic acids is 1. The molecule has 2 saturated heterocycles. The van der Waals surface area contributed by atoms with E-state index in [4.69, 9.17) is 13.8 Å². The van der Waals surface area contributed by atoms with Gasteiger partial charge in [-0.2, -0.15) is 0 Å². The maximum atomic E-state index is 13.5. The first-order valence-electron chi connectivity index (χ1n) is 14.0. The largest absolute Gasteiger partial charge is 0.362 e. The Morgan fingerprint density at radius 3 is 2.57 bits per heavy atom. The van der Waals surface area contributed by atoms with E-state index < -0.39 is 7.60 Å². The van der Waals surface area contributed by atoms with Crippen LogP contribution in [0.1, 0.15) is 76.7 Å². The van der Waals surface area contributed by atoms with Crippen LogP contribution in [-0.2, 0) is 23.1 Å². The third kappa shape index (κ3) is 3.54. The topological polar surface area (TPSA) is 65.1 Å². The van der Waals surface area contributed by atoms with Crippen LogP contribution in [-0.4, -0.2) is 30.2 Å². The van der Waals surface area contributed by atoms with Crippen molar-refractivity contribution in [2.75, 3.05) is 13.2 Å². The van der Waals surface area contributed by atoms with Gasteiger partial charge in [-0.15, -0.1) is 6.58 Å². The molecule has 0 unspecified atom stereocenters. The number of ketones is 1. The molecule has 2 heterocycles. The zero-order chi connectivity index (χ0) is 25.6. The number of ether oxygens (including phenoxy) is 1. The van der Waals surface area contributed by atoms with Gasteiger partial charge in [0.2, 0.25) is 0 Å². The Balaban J connectivity index is 1.28. The molecule has 2 aliphatic heterocycles. The molecule has 5 nitrogen and oxygen atoms in total. The molecule has 1 spiro atoms. The number of allylic oxidation sites excluding steroid dienone is 4. The van der Waals surface area contributed by atoms with Crippen molar-refractivity contribution in [3.63, 3.8) is 0 Å². The van der Waals surface area contributed by atoms with Crippen LogP contribution in [0, 0.1) is 17.3 Å². The molecule has 0 amide bonds. The fourth-order valence-corrected chi connectivity index (χ4v) is 10.2. The van der Waals surface area contributed by atoms with Crippen LogP contribution in [0.3, 0.4) is 0 Å². The van der Waals surface area contributed by atoms with E-state index in [1.165, 1.54) is 23.1 Å². The smallest absolute Gasteiger partial charge is 0.361 e. The monoisotopic (exact) mass is 520 g/mol. The highest BCUT2D eigenvalue weighted by molar-refractivity contribution is 7.62. The van der Waals surface area contributed by atoms with E-state index in [-0.39, 0.29) is 28.3 Å². The lowest BCUT2D eigenvalue weighted by atomic mass is 9.57. The summed E-state index contributed by atoms with van der Waals surface area (Å²) in [6.07, 6.45) is 11.7. The van der Waals surface area contributed by atoms with Crippen molar-refractivity contribution in [3.8, 4) is 0 Å². The van der Waals surface area contributed by atoms with Crippen molar-refractivity contribution < 1.29 is 23.1 Å². The number of carbonyl (C=O) groups is 1. The van der Waals surface area contributed by atoms with Gasteiger partial charge in [0.25, 0.3) is 0 Å². The van der Waals surface area contributed by atoms with Gasteiger partial charge in [0.05, 0.1) is 18.5 Å². The van der Waals surface area contributed by atoms with E-state index in [9.17, 15) is 9.36 Å². The number of epoxide rings is 1. The van der Waals surface area contributed by atoms with Gasteiger partial charge in [-0.3, -0.25) is 9.36 Å². The standard InChI is InChI=1S/C31H37O5P/c1-4-14-30-15-13-27-25-11-7-21-16-22(32)8-12-24(21)28(25)26(17-31(27,30)36-30)20-5-9-23(10-6-20)37(33)34-18-29(2,3)19-35-37/h4-6,9-10,16,25-27H,1,7-8,11-15,17-19H2,2-3H3/t25-,26+,27-,30-,31+/m0/s1. The molecular formula is C31H37O5P. The minimum atomic E-state index is -3.30. The summed E-state index contributed by atoms with van der Waals surface area (Å²) >= 11 is 0. The van der Waals surface area contributed by atoms with Crippen LogP contribution in [0.4, 0.5) is 0 Å². The summed E-state index contributed by atoms with van der Waals surface area (Å²) < 4.78 is 31.8. The molecule has 6 heteroatoms. The quantitative estimate of drug-likeness (QED) is 0.256. The lowest BCUT2D eigenvalue weighted by molar-refractivity contribution is -0.114. The van der Waals surface area contributed by atoms with E-state index in [0.29, 0.717) is 36.8 Å². The first kappa shape index (κ1) is 24.3. The zero-order valence-corrected chi connectivity index (χ0v) is 22.9. The first-order chi connectivity index (χ1) is 17.7. The predicted molar refractivity (Wildman–Crippen MR) is 143 cm³/mol. The highest BCUT2D eigenvalue weighted by Crippen LogP contribution is 2.74. The molecule has 1 aromatic rings. The molecule has 2 saturated carbocycles. The van der Waals surface area contributed by atoms with Crippen molar-refractivity contribution in [1.29, 1.82) is 0 Å². The van der Waals surface area contributed by atoms with E-state index in [0.717, 1.165) is 38.5 Å². The number of benzene rings is 1. The molecule has 6 aliphatic rings. The van der Waals surface area contributed by atoms with Gasteiger partial charge in [-0.1, -0.05) is 37.6 Å². The van der Waals surface area contributed by atoms with Crippen molar-refractivity contribution in [3.05, 3.63) is 65.3 Å². The Bertz CT molecular complexity index is 1270. The summed E-state index contributed by atoms with van der Waals surface area (Å²) in [4.78, 5) is 12.3. The molecule has 4 fully saturated rings. The second kappa shape index (κ2) is 8.11. The first-order valence-corrected chi connectivity index (χ1v) is 15.5. The van der Waals surface area contributed by atoms with Gasteiger partial charge in [-0.05, 0) is 91.7 Å². The highest BCUT2D eigenvalue weighted by Gasteiger charge is 2.78. The Labute approximate surface area is 219 Å². The maximum Gasteiger partial charge on any atom is 0.361 e. The Morgan fingerprint density at radius 2 is 1.84 bits per heavy atom. The third-order valence-corrected chi connectivity index (χ3v) is 12.0. The fourth-order valence-electron chi connectivity index (χ4n) is 8.32.